The summed E-state index contributed by atoms with van der Waals surface area (Å²) < 4.78 is 6.05. The summed E-state index contributed by atoms with van der Waals surface area (Å²) in [4.78, 5) is 22.0. The van der Waals surface area contributed by atoms with Gasteiger partial charge in [0.25, 0.3) is 0 Å². The summed E-state index contributed by atoms with van der Waals surface area (Å²) in [6, 6.07) is 0.172. The van der Waals surface area contributed by atoms with Crippen molar-refractivity contribution in [3.8, 4) is 0 Å². The van der Waals surface area contributed by atoms with Gasteiger partial charge >= 0.3 is 6.09 Å². The van der Waals surface area contributed by atoms with Gasteiger partial charge in [0.15, 0.2) is 0 Å². The zero-order valence-electron chi connectivity index (χ0n) is 11.9. The molecule has 6 nitrogen and oxygen atoms in total. The SMILES string of the molecule is CC(C)(C)OC(=O)N1CC[C@H](Nc2cncc(Br)n2)C1. The van der Waals surface area contributed by atoms with Gasteiger partial charge in [0.1, 0.15) is 16.0 Å². The number of nitrogens with one attached hydrogen (secondary N) is 1. The number of ether oxygens (including phenoxy) is 1. The van der Waals surface area contributed by atoms with Crippen molar-refractivity contribution in [1.29, 1.82) is 0 Å². The number of anilines is 1. The topological polar surface area (TPSA) is 67.3 Å². The average Bonchev–Trinajstić information content (AvgIpc) is 2.75. The zero-order valence-corrected chi connectivity index (χ0v) is 13.5. The fourth-order valence-corrected chi connectivity index (χ4v) is 2.30. The fraction of sp³-hybridized carbons (Fsp3) is 0.615. The molecule has 20 heavy (non-hydrogen) atoms. The molecule has 1 amide bonds. The summed E-state index contributed by atoms with van der Waals surface area (Å²) in [6.45, 7) is 6.91. The molecule has 0 spiro atoms. The van der Waals surface area contributed by atoms with Gasteiger partial charge in [0.05, 0.1) is 12.4 Å². The van der Waals surface area contributed by atoms with Gasteiger partial charge in [0.2, 0.25) is 0 Å². The summed E-state index contributed by atoms with van der Waals surface area (Å²) in [5, 5.41) is 3.28. The van der Waals surface area contributed by atoms with Crippen molar-refractivity contribution >= 4 is 27.8 Å². The molecule has 0 aromatic carbocycles. The zero-order chi connectivity index (χ0) is 14.8. The van der Waals surface area contributed by atoms with Gasteiger partial charge < -0.3 is 15.0 Å². The molecular formula is C13H19BrN4O2. The lowest BCUT2D eigenvalue weighted by atomic mass is 10.2. The van der Waals surface area contributed by atoms with Crippen LogP contribution in [-0.2, 0) is 4.74 Å². The van der Waals surface area contributed by atoms with Crippen LogP contribution >= 0.6 is 15.9 Å². The average molecular weight is 343 g/mol. The van der Waals surface area contributed by atoms with E-state index in [1.807, 2.05) is 20.8 Å². The van der Waals surface area contributed by atoms with Crippen LogP contribution in [0.4, 0.5) is 10.6 Å². The summed E-state index contributed by atoms with van der Waals surface area (Å²) in [7, 11) is 0. The van der Waals surface area contributed by atoms with Crippen LogP contribution in [0.25, 0.3) is 0 Å². The molecule has 2 heterocycles. The van der Waals surface area contributed by atoms with Crippen LogP contribution < -0.4 is 5.32 Å². The number of hydrogen-bond donors (Lipinski definition) is 1. The predicted molar refractivity (Wildman–Crippen MR) is 79.6 cm³/mol. The third kappa shape index (κ3) is 4.33. The van der Waals surface area contributed by atoms with Gasteiger partial charge in [-0.25, -0.2) is 9.78 Å². The van der Waals surface area contributed by atoms with Crippen LogP contribution in [0.2, 0.25) is 0 Å². The number of rotatable bonds is 2. The van der Waals surface area contributed by atoms with Crippen LogP contribution in [0.15, 0.2) is 17.0 Å². The number of amides is 1. The fourth-order valence-electron chi connectivity index (χ4n) is 1.99. The van der Waals surface area contributed by atoms with E-state index in [1.54, 1.807) is 17.3 Å². The normalized spacial score (nSPS) is 19.0. The van der Waals surface area contributed by atoms with Gasteiger partial charge in [-0.05, 0) is 43.1 Å². The van der Waals surface area contributed by atoms with E-state index in [9.17, 15) is 4.79 Å². The molecule has 0 saturated carbocycles. The quantitative estimate of drug-likeness (QED) is 0.894. The molecule has 1 fully saturated rings. The Balaban J connectivity index is 1.88. The van der Waals surface area contributed by atoms with Crippen molar-refractivity contribution in [3.05, 3.63) is 17.0 Å². The van der Waals surface area contributed by atoms with E-state index < -0.39 is 5.60 Å². The molecule has 0 radical (unpaired) electrons. The monoisotopic (exact) mass is 342 g/mol. The Morgan fingerprint density at radius 1 is 1.50 bits per heavy atom. The van der Waals surface area contributed by atoms with Gasteiger partial charge in [0, 0.05) is 19.1 Å². The third-order valence-corrected chi connectivity index (χ3v) is 3.18. The lowest BCUT2D eigenvalue weighted by Gasteiger charge is -2.24. The first-order chi connectivity index (χ1) is 9.33. The highest BCUT2D eigenvalue weighted by molar-refractivity contribution is 9.10. The first kappa shape index (κ1) is 15.0. The van der Waals surface area contributed by atoms with Crippen LogP contribution in [0.3, 0.4) is 0 Å². The summed E-state index contributed by atoms with van der Waals surface area (Å²) in [5.74, 6) is 0.704. The second-order valence-electron chi connectivity index (χ2n) is 5.78. The summed E-state index contributed by atoms with van der Waals surface area (Å²) in [5.41, 5.74) is -0.460. The minimum absolute atomic E-state index is 0.172. The number of hydrogen-bond acceptors (Lipinski definition) is 5. The van der Waals surface area contributed by atoms with Gasteiger partial charge in [-0.1, -0.05) is 0 Å². The molecule has 1 aliphatic heterocycles. The largest absolute Gasteiger partial charge is 0.444 e. The van der Waals surface area contributed by atoms with Crippen LogP contribution in [-0.4, -0.2) is 45.7 Å². The molecule has 1 aromatic heterocycles. The Kier molecular flexibility index (Phi) is 4.47. The number of likely N-dealkylation sites (tertiary alicyclic amines) is 1. The molecule has 7 heteroatoms. The molecule has 0 bridgehead atoms. The Morgan fingerprint density at radius 2 is 2.25 bits per heavy atom. The predicted octanol–water partition coefficient (Wildman–Crippen LogP) is 2.66. The molecular weight excluding hydrogens is 324 g/mol. The van der Waals surface area contributed by atoms with E-state index in [-0.39, 0.29) is 12.1 Å². The first-order valence-electron chi connectivity index (χ1n) is 6.55. The minimum Gasteiger partial charge on any atom is -0.444 e. The molecule has 0 unspecified atom stereocenters. The van der Waals surface area contributed by atoms with Crippen molar-refractivity contribution in [1.82, 2.24) is 14.9 Å². The molecule has 1 aliphatic rings. The Labute approximate surface area is 127 Å². The van der Waals surface area contributed by atoms with E-state index in [0.29, 0.717) is 23.5 Å². The minimum atomic E-state index is -0.460. The number of aromatic nitrogens is 2. The van der Waals surface area contributed by atoms with E-state index in [4.69, 9.17) is 4.74 Å². The Bertz CT molecular complexity index is 490. The maximum absolute atomic E-state index is 12.0. The molecule has 1 N–H and O–H groups in total. The maximum atomic E-state index is 12.0. The second-order valence-corrected chi connectivity index (χ2v) is 6.60. The van der Waals surface area contributed by atoms with Crippen molar-refractivity contribution in [2.24, 2.45) is 0 Å². The van der Waals surface area contributed by atoms with Crippen LogP contribution in [0.5, 0.6) is 0 Å². The van der Waals surface area contributed by atoms with Crippen molar-refractivity contribution in [2.75, 3.05) is 18.4 Å². The van der Waals surface area contributed by atoms with Gasteiger partial charge in [-0.15, -0.1) is 0 Å². The van der Waals surface area contributed by atoms with Crippen molar-refractivity contribution in [2.45, 2.75) is 38.8 Å². The van der Waals surface area contributed by atoms with Crippen molar-refractivity contribution < 1.29 is 9.53 Å². The number of halogens is 1. The lowest BCUT2D eigenvalue weighted by molar-refractivity contribution is 0.0293. The standard InChI is InChI=1S/C13H19BrN4O2/c1-13(2,3)20-12(19)18-5-4-9(8-18)16-11-7-15-6-10(14)17-11/h6-7,9H,4-5,8H2,1-3H3,(H,16,17)/t9-/m0/s1. The summed E-state index contributed by atoms with van der Waals surface area (Å²) in [6.07, 6.45) is 3.91. The number of carbonyl (C=O) groups excluding carboxylic acids is 1. The van der Waals surface area contributed by atoms with E-state index in [2.05, 4.69) is 31.2 Å². The smallest absolute Gasteiger partial charge is 0.410 e. The highest BCUT2D eigenvalue weighted by Gasteiger charge is 2.29. The Hall–Kier alpha value is -1.37. The van der Waals surface area contributed by atoms with E-state index in [0.717, 1.165) is 6.42 Å². The van der Waals surface area contributed by atoms with Gasteiger partial charge in [-0.3, -0.25) is 4.98 Å². The highest BCUT2D eigenvalue weighted by atomic mass is 79.9. The van der Waals surface area contributed by atoms with E-state index in [1.165, 1.54) is 0 Å². The summed E-state index contributed by atoms with van der Waals surface area (Å²) >= 11 is 3.28. The maximum Gasteiger partial charge on any atom is 0.410 e. The molecule has 1 saturated heterocycles. The molecule has 2 rings (SSSR count). The van der Waals surface area contributed by atoms with Crippen LogP contribution in [0, 0.1) is 0 Å². The lowest BCUT2D eigenvalue weighted by Crippen LogP contribution is -2.36. The molecule has 1 aromatic rings. The number of carbonyl (C=O) groups is 1. The van der Waals surface area contributed by atoms with Gasteiger partial charge in [-0.2, -0.15) is 0 Å². The van der Waals surface area contributed by atoms with Crippen LogP contribution in [0.1, 0.15) is 27.2 Å². The molecule has 1 atom stereocenters. The Morgan fingerprint density at radius 3 is 2.90 bits per heavy atom. The van der Waals surface area contributed by atoms with Crippen molar-refractivity contribution in [3.63, 3.8) is 0 Å². The molecule has 110 valence electrons. The highest BCUT2D eigenvalue weighted by Crippen LogP contribution is 2.18. The second kappa shape index (κ2) is 5.95. The first-order valence-corrected chi connectivity index (χ1v) is 7.35. The van der Waals surface area contributed by atoms with E-state index >= 15 is 0 Å². The molecule has 0 aliphatic carbocycles. The number of nitrogens with zero attached hydrogens (tertiary/aromatic N) is 3. The third-order valence-electron chi connectivity index (χ3n) is 2.80.